The molecule has 244 valence electrons. The summed E-state index contributed by atoms with van der Waals surface area (Å²) in [5, 5.41) is 3.26. The predicted octanol–water partition coefficient (Wildman–Crippen LogP) is 4.32. The molecule has 4 aliphatic rings. The smallest absolute Gasteiger partial charge is 0.324 e. The molecule has 2 amide bonds. The number of nitrogens with one attached hydrogen (secondary N) is 1. The molecule has 1 atom stereocenters. The molecular formula is C34H49N7O4. The number of piperazine rings is 1. The second-order valence-electron chi connectivity index (χ2n) is 13.4. The van der Waals surface area contributed by atoms with Gasteiger partial charge in [0.2, 0.25) is 5.91 Å². The van der Waals surface area contributed by atoms with Crippen molar-refractivity contribution in [1.82, 2.24) is 25.1 Å². The molecule has 0 bridgehead atoms. The van der Waals surface area contributed by atoms with Gasteiger partial charge in [-0.05, 0) is 82.9 Å². The number of carbonyl (C=O) groups is 2. The van der Waals surface area contributed by atoms with Crippen molar-refractivity contribution in [2.75, 3.05) is 56.7 Å². The van der Waals surface area contributed by atoms with Gasteiger partial charge in [0.05, 0.1) is 13.3 Å². The highest BCUT2D eigenvalue weighted by Gasteiger charge is 2.38. The predicted molar refractivity (Wildman–Crippen MR) is 174 cm³/mol. The van der Waals surface area contributed by atoms with Crippen LogP contribution >= 0.6 is 0 Å². The number of hydrogen-bond acceptors (Lipinski definition) is 9. The van der Waals surface area contributed by atoms with Crippen LogP contribution in [-0.4, -0.2) is 103 Å². The zero-order valence-electron chi connectivity index (χ0n) is 27.5. The lowest BCUT2D eigenvalue weighted by Gasteiger charge is -2.42. The fraction of sp³-hybridized carbons (Fsp3) is 0.647. The Bertz CT molecular complexity index is 1370. The Hall–Kier alpha value is -3.44. The molecule has 3 heterocycles. The van der Waals surface area contributed by atoms with Gasteiger partial charge in [-0.15, -0.1) is 0 Å². The highest BCUT2D eigenvalue weighted by molar-refractivity contribution is 6.04. The first-order chi connectivity index (χ1) is 21.7. The second kappa shape index (κ2) is 13.5. The molecule has 1 aromatic carbocycles. The van der Waals surface area contributed by atoms with Gasteiger partial charge in [-0.3, -0.25) is 14.5 Å². The Labute approximate surface area is 267 Å². The molecule has 2 saturated carbocycles. The minimum atomic E-state index is -0.306. The number of nitrogens with zero attached hydrogens (tertiary/aromatic N) is 6. The summed E-state index contributed by atoms with van der Waals surface area (Å²) >= 11 is 0. The lowest BCUT2D eigenvalue weighted by Crippen LogP contribution is -2.54. The van der Waals surface area contributed by atoms with E-state index in [1.165, 1.54) is 45.6 Å². The van der Waals surface area contributed by atoms with Crippen LogP contribution in [0.5, 0.6) is 17.5 Å². The molecule has 3 fully saturated rings. The SMILES string of the molecule is CCC1C(=O)N(C)c2cnc(Oc3ccc(C(=O)NC4CCC(N5CCN(CC6CC6)CC5)CC4)cc3OC)nc2N1C(C)C. The maximum absolute atomic E-state index is 13.3. The number of rotatable bonds is 10. The minimum Gasteiger partial charge on any atom is -0.493 e. The van der Waals surface area contributed by atoms with Gasteiger partial charge in [-0.25, -0.2) is 4.98 Å². The maximum Gasteiger partial charge on any atom is 0.324 e. The summed E-state index contributed by atoms with van der Waals surface area (Å²) in [4.78, 5) is 44.3. The Morgan fingerprint density at radius 2 is 1.78 bits per heavy atom. The van der Waals surface area contributed by atoms with Crippen molar-refractivity contribution in [3.63, 3.8) is 0 Å². The molecule has 1 aromatic heterocycles. The number of ether oxygens (including phenoxy) is 2. The average molecular weight is 620 g/mol. The summed E-state index contributed by atoms with van der Waals surface area (Å²) in [5.74, 6) is 2.38. The molecule has 0 spiro atoms. The normalized spacial score (nSPS) is 24.5. The fourth-order valence-corrected chi connectivity index (χ4v) is 7.23. The van der Waals surface area contributed by atoms with Crippen molar-refractivity contribution in [1.29, 1.82) is 0 Å². The van der Waals surface area contributed by atoms with E-state index in [4.69, 9.17) is 14.5 Å². The van der Waals surface area contributed by atoms with Crippen LogP contribution in [0.1, 0.15) is 76.1 Å². The van der Waals surface area contributed by atoms with Gasteiger partial charge < -0.3 is 29.5 Å². The molecule has 6 rings (SSSR count). The highest BCUT2D eigenvalue weighted by atomic mass is 16.5. The summed E-state index contributed by atoms with van der Waals surface area (Å²) in [5.41, 5.74) is 1.17. The van der Waals surface area contributed by atoms with E-state index < -0.39 is 0 Å². The standard InChI is InChI=1S/C34H49N7O4/c1-6-27-33(43)38(4)28-20-35-34(37-31(28)41(27)22(2)3)45-29-14-9-24(19-30(29)44-5)32(42)36-25-10-12-26(13-11-25)40-17-15-39(16-18-40)21-23-7-8-23/h9,14,19-20,22-23,25-27H,6-8,10-13,15-18,21H2,1-5H3,(H,36,42). The summed E-state index contributed by atoms with van der Waals surface area (Å²) < 4.78 is 11.7. The van der Waals surface area contributed by atoms with Crippen molar-refractivity contribution in [2.24, 2.45) is 5.92 Å². The summed E-state index contributed by atoms with van der Waals surface area (Å²) in [6.45, 7) is 12.1. The van der Waals surface area contributed by atoms with Crippen molar-refractivity contribution >= 4 is 23.3 Å². The van der Waals surface area contributed by atoms with Crippen LogP contribution in [0.2, 0.25) is 0 Å². The van der Waals surface area contributed by atoms with Crippen LogP contribution in [-0.2, 0) is 4.79 Å². The number of methoxy groups -OCH3 is 1. The molecule has 45 heavy (non-hydrogen) atoms. The Balaban J connectivity index is 1.06. The van der Waals surface area contributed by atoms with Gasteiger partial charge in [0, 0.05) is 63.5 Å². The third kappa shape index (κ3) is 6.89. The lowest BCUT2D eigenvalue weighted by atomic mass is 9.89. The molecule has 11 heteroatoms. The molecule has 1 N–H and O–H groups in total. The summed E-state index contributed by atoms with van der Waals surface area (Å²) in [6, 6.07) is 5.88. The number of anilines is 2. The van der Waals surface area contributed by atoms with Crippen LogP contribution < -0.4 is 24.6 Å². The molecule has 1 saturated heterocycles. The van der Waals surface area contributed by atoms with Gasteiger partial charge in [0.25, 0.3) is 5.91 Å². The number of aromatic nitrogens is 2. The Morgan fingerprint density at radius 1 is 1.04 bits per heavy atom. The van der Waals surface area contributed by atoms with E-state index in [1.54, 1.807) is 43.5 Å². The number of likely N-dealkylation sites (N-methyl/N-ethyl adjacent to an activating group) is 1. The zero-order valence-corrected chi connectivity index (χ0v) is 27.5. The van der Waals surface area contributed by atoms with Gasteiger partial charge >= 0.3 is 6.01 Å². The number of hydrogen-bond donors (Lipinski definition) is 1. The lowest BCUT2D eigenvalue weighted by molar-refractivity contribution is -0.120. The van der Waals surface area contributed by atoms with Gasteiger partial charge in [-0.1, -0.05) is 6.92 Å². The molecule has 2 aliphatic carbocycles. The van der Waals surface area contributed by atoms with Crippen LogP contribution in [0, 0.1) is 5.92 Å². The van der Waals surface area contributed by atoms with Gasteiger partial charge in [0.15, 0.2) is 17.3 Å². The molecule has 1 unspecified atom stereocenters. The molecule has 11 nitrogen and oxygen atoms in total. The van der Waals surface area contributed by atoms with E-state index in [9.17, 15) is 9.59 Å². The highest BCUT2D eigenvalue weighted by Crippen LogP contribution is 2.38. The summed E-state index contributed by atoms with van der Waals surface area (Å²) in [6.07, 6.45) is 9.38. The van der Waals surface area contributed by atoms with Crippen molar-refractivity contribution in [3.05, 3.63) is 30.0 Å². The molecule has 0 radical (unpaired) electrons. The second-order valence-corrected chi connectivity index (χ2v) is 13.4. The van der Waals surface area contributed by atoms with Gasteiger partial charge in [-0.2, -0.15) is 4.98 Å². The Kier molecular flexibility index (Phi) is 9.46. The zero-order chi connectivity index (χ0) is 31.7. The van der Waals surface area contributed by atoms with E-state index in [0.717, 1.165) is 31.6 Å². The van der Waals surface area contributed by atoms with Crippen LogP contribution in [0.3, 0.4) is 0 Å². The third-order valence-corrected chi connectivity index (χ3v) is 10.0. The quantitative estimate of drug-likeness (QED) is 0.417. The van der Waals surface area contributed by atoms with Crippen LogP contribution in [0.15, 0.2) is 24.4 Å². The number of benzene rings is 1. The summed E-state index contributed by atoms with van der Waals surface area (Å²) in [7, 11) is 3.30. The van der Waals surface area contributed by atoms with Crippen LogP contribution in [0.4, 0.5) is 11.5 Å². The van der Waals surface area contributed by atoms with Gasteiger partial charge in [0.1, 0.15) is 11.7 Å². The molecule has 2 aromatic rings. The minimum absolute atomic E-state index is 0.0250. The monoisotopic (exact) mass is 619 g/mol. The number of fused-ring (bicyclic) bond motifs is 1. The number of amides is 2. The maximum atomic E-state index is 13.3. The molecule has 2 aliphatic heterocycles. The first kappa shape index (κ1) is 31.5. The first-order valence-corrected chi connectivity index (χ1v) is 16.8. The van der Waals surface area contributed by atoms with Crippen molar-refractivity contribution in [3.8, 4) is 17.5 Å². The van der Waals surface area contributed by atoms with E-state index >= 15 is 0 Å². The average Bonchev–Trinajstić information content (AvgIpc) is 3.87. The Morgan fingerprint density at radius 3 is 2.42 bits per heavy atom. The van der Waals surface area contributed by atoms with E-state index in [1.807, 2.05) is 25.7 Å². The fourth-order valence-electron chi connectivity index (χ4n) is 7.23. The van der Waals surface area contributed by atoms with Crippen molar-refractivity contribution in [2.45, 2.75) is 89.9 Å². The topological polar surface area (TPSA) is 103 Å². The third-order valence-electron chi connectivity index (χ3n) is 10.0. The largest absolute Gasteiger partial charge is 0.493 e. The number of carbonyl (C=O) groups excluding carboxylic acids is 2. The van der Waals surface area contributed by atoms with E-state index in [-0.39, 0.29) is 36.0 Å². The molecular weight excluding hydrogens is 570 g/mol. The van der Waals surface area contributed by atoms with E-state index in [2.05, 4.69) is 20.1 Å². The van der Waals surface area contributed by atoms with E-state index in [0.29, 0.717) is 41.0 Å². The van der Waals surface area contributed by atoms with Crippen LogP contribution in [0.25, 0.3) is 0 Å². The van der Waals surface area contributed by atoms with Crippen molar-refractivity contribution < 1.29 is 19.1 Å². The first-order valence-electron chi connectivity index (χ1n) is 16.8.